The van der Waals surface area contributed by atoms with Gasteiger partial charge in [-0.05, 0) is 38.3 Å². The van der Waals surface area contributed by atoms with E-state index in [1.54, 1.807) is 12.1 Å². The number of carbonyl (C=O) groups is 1. The predicted molar refractivity (Wildman–Crippen MR) is 72.6 cm³/mol. The number of hydrogen-bond donors (Lipinski definition) is 2. The number of carbonyl (C=O) groups excluding carboxylic acids is 1. The van der Waals surface area contributed by atoms with E-state index in [1.165, 1.54) is 0 Å². The summed E-state index contributed by atoms with van der Waals surface area (Å²) in [4.78, 5) is 11.5. The van der Waals surface area contributed by atoms with Crippen molar-refractivity contribution in [3.8, 4) is 0 Å². The molecule has 5 heteroatoms. The number of nitrogens with zero attached hydrogens (tertiary/aromatic N) is 2. The molecular weight excluding hydrogens is 228 g/mol. The number of nitrogens with one attached hydrogen (secondary N) is 2. The Kier molecular flexibility index (Phi) is 5.55. The van der Waals surface area contributed by atoms with E-state index in [2.05, 4.69) is 41.6 Å². The molecule has 0 aliphatic rings. The van der Waals surface area contributed by atoms with Crippen molar-refractivity contribution in [2.45, 2.75) is 40.2 Å². The Balaban J connectivity index is 2.57. The summed E-state index contributed by atoms with van der Waals surface area (Å²) in [5.41, 5.74) is 0.346. The van der Waals surface area contributed by atoms with Crippen molar-refractivity contribution in [2.75, 3.05) is 11.9 Å². The number of hydrogen-bond acceptors (Lipinski definition) is 4. The molecule has 0 aromatic carbocycles. The van der Waals surface area contributed by atoms with Gasteiger partial charge >= 0.3 is 0 Å². The van der Waals surface area contributed by atoms with Crippen molar-refractivity contribution in [1.82, 2.24) is 15.5 Å². The van der Waals surface area contributed by atoms with Crippen LogP contribution in [0.25, 0.3) is 0 Å². The topological polar surface area (TPSA) is 66.9 Å². The zero-order valence-electron chi connectivity index (χ0n) is 11.5. The zero-order valence-corrected chi connectivity index (χ0v) is 11.5. The van der Waals surface area contributed by atoms with Gasteiger partial charge in [-0.15, -0.1) is 10.2 Å². The molecule has 1 atom stereocenters. The number of aromatic nitrogens is 2. The summed E-state index contributed by atoms with van der Waals surface area (Å²) in [7, 11) is 0. The van der Waals surface area contributed by atoms with Gasteiger partial charge in [-0.1, -0.05) is 13.8 Å². The van der Waals surface area contributed by atoms with E-state index < -0.39 is 0 Å². The summed E-state index contributed by atoms with van der Waals surface area (Å²) >= 11 is 0. The summed E-state index contributed by atoms with van der Waals surface area (Å²) in [6.07, 6.45) is 1.07. The Labute approximate surface area is 108 Å². The highest BCUT2D eigenvalue weighted by Crippen LogP contribution is 2.10. The molecule has 18 heavy (non-hydrogen) atoms. The average molecular weight is 250 g/mol. The maximum Gasteiger partial charge on any atom is 0.271 e. The fourth-order valence-electron chi connectivity index (χ4n) is 1.80. The monoisotopic (exact) mass is 250 g/mol. The highest BCUT2D eigenvalue weighted by molar-refractivity contribution is 5.92. The Morgan fingerprint density at radius 3 is 2.50 bits per heavy atom. The molecule has 1 rings (SSSR count). The van der Waals surface area contributed by atoms with Crippen LogP contribution in [-0.2, 0) is 0 Å². The second-order valence-corrected chi connectivity index (χ2v) is 4.84. The quantitative estimate of drug-likeness (QED) is 0.811. The first-order valence-electron chi connectivity index (χ1n) is 6.41. The van der Waals surface area contributed by atoms with Crippen LogP contribution in [0.2, 0.25) is 0 Å². The van der Waals surface area contributed by atoms with Crippen LogP contribution in [-0.4, -0.2) is 28.7 Å². The molecular formula is C13H22N4O. The van der Waals surface area contributed by atoms with Crippen LogP contribution in [0.4, 0.5) is 5.82 Å². The fraction of sp³-hybridized carbons (Fsp3) is 0.615. The van der Waals surface area contributed by atoms with Gasteiger partial charge in [0.25, 0.3) is 5.91 Å². The molecule has 0 saturated carbocycles. The minimum atomic E-state index is -0.188. The van der Waals surface area contributed by atoms with Gasteiger partial charge in [0.1, 0.15) is 5.82 Å². The average Bonchev–Trinajstić information content (AvgIpc) is 2.29. The minimum Gasteiger partial charge on any atom is -0.366 e. The highest BCUT2D eigenvalue weighted by Gasteiger charge is 2.08. The van der Waals surface area contributed by atoms with Gasteiger partial charge in [0.15, 0.2) is 5.69 Å². The molecule has 0 spiro atoms. The molecule has 0 radical (unpaired) electrons. The molecule has 1 heterocycles. The lowest BCUT2D eigenvalue weighted by atomic mass is 10.1. The van der Waals surface area contributed by atoms with E-state index in [4.69, 9.17) is 0 Å². The second-order valence-electron chi connectivity index (χ2n) is 4.84. The van der Waals surface area contributed by atoms with Crippen molar-refractivity contribution in [3.05, 3.63) is 17.8 Å². The fourth-order valence-corrected chi connectivity index (χ4v) is 1.80. The SMILES string of the molecule is CCNC(=O)c1ccc(NC(C)CC(C)C)nn1. The normalized spacial score (nSPS) is 12.3. The molecule has 0 aliphatic carbocycles. The van der Waals surface area contributed by atoms with Gasteiger partial charge < -0.3 is 10.6 Å². The van der Waals surface area contributed by atoms with E-state index in [-0.39, 0.29) is 5.91 Å². The van der Waals surface area contributed by atoms with Gasteiger partial charge in [0.05, 0.1) is 0 Å². The standard InChI is InChI=1S/C13H22N4O/c1-5-14-13(18)11-6-7-12(17-16-11)15-10(4)8-9(2)3/h6-7,9-10H,5,8H2,1-4H3,(H,14,18)(H,15,17). The minimum absolute atomic E-state index is 0.188. The Hall–Kier alpha value is -1.65. The Morgan fingerprint density at radius 1 is 1.28 bits per heavy atom. The molecule has 5 nitrogen and oxygen atoms in total. The molecule has 1 aromatic heterocycles. The summed E-state index contributed by atoms with van der Waals surface area (Å²) in [5.74, 6) is 1.15. The van der Waals surface area contributed by atoms with Gasteiger partial charge in [0.2, 0.25) is 0 Å². The summed E-state index contributed by atoms with van der Waals surface area (Å²) in [6, 6.07) is 3.81. The Bertz CT molecular complexity index is 375. The van der Waals surface area contributed by atoms with E-state index in [9.17, 15) is 4.79 Å². The molecule has 1 aromatic rings. The maximum absolute atomic E-state index is 11.5. The van der Waals surface area contributed by atoms with E-state index in [0.717, 1.165) is 6.42 Å². The van der Waals surface area contributed by atoms with E-state index >= 15 is 0 Å². The second kappa shape index (κ2) is 6.93. The molecule has 2 N–H and O–H groups in total. The van der Waals surface area contributed by atoms with Gasteiger partial charge in [0, 0.05) is 12.6 Å². The van der Waals surface area contributed by atoms with Crippen LogP contribution in [0.1, 0.15) is 44.6 Å². The smallest absolute Gasteiger partial charge is 0.271 e. The molecule has 100 valence electrons. The summed E-state index contributed by atoms with van der Waals surface area (Å²) in [6.45, 7) is 8.93. The molecule has 0 fully saturated rings. The number of rotatable bonds is 6. The summed E-state index contributed by atoms with van der Waals surface area (Å²) < 4.78 is 0. The van der Waals surface area contributed by atoms with Crippen LogP contribution >= 0.6 is 0 Å². The van der Waals surface area contributed by atoms with Crippen molar-refractivity contribution < 1.29 is 4.79 Å². The van der Waals surface area contributed by atoms with Crippen molar-refractivity contribution in [1.29, 1.82) is 0 Å². The first-order chi connectivity index (χ1) is 8.52. The van der Waals surface area contributed by atoms with Crippen LogP contribution in [0.15, 0.2) is 12.1 Å². The number of anilines is 1. The van der Waals surface area contributed by atoms with E-state index in [1.807, 2.05) is 6.92 Å². The van der Waals surface area contributed by atoms with Gasteiger partial charge in [-0.3, -0.25) is 4.79 Å². The molecule has 0 bridgehead atoms. The van der Waals surface area contributed by atoms with Crippen molar-refractivity contribution >= 4 is 11.7 Å². The zero-order chi connectivity index (χ0) is 13.5. The molecule has 1 amide bonds. The third-order valence-corrected chi connectivity index (χ3v) is 2.45. The van der Waals surface area contributed by atoms with Crippen molar-refractivity contribution in [3.63, 3.8) is 0 Å². The first-order valence-corrected chi connectivity index (χ1v) is 6.41. The lowest BCUT2D eigenvalue weighted by molar-refractivity contribution is 0.0950. The maximum atomic E-state index is 11.5. The molecule has 0 aliphatic heterocycles. The lowest BCUT2D eigenvalue weighted by Gasteiger charge is -2.16. The lowest BCUT2D eigenvalue weighted by Crippen LogP contribution is -2.24. The molecule has 0 saturated heterocycles. The van der Waals surface area contributed by atoms with Crippen LogP contribution < -0.4 is 10.6 Å². The van der Waals surface area contributed by atoms with Gasteiger partial charge in [-0.2, -0.15) is 0 Å². The predicted octanol–water partition coefficient (Wildman–Crippen LogP) is 2.07. The Morgan fingerprint density at radius 2 is 2.00 bits per heavy atom. The first kappa shape index (κ1) is 14.4. The summed E-state index contributed by atoms with van der Waals surface area (Å²) in [5, 5.41) is 13.9. The van der Waals surface area contributed by atoms with Crippen LogP contribution in [0.3, 0.4) is 0 Å². The van der Waals surface area contributed by atoms with Gasteiger partial charge in [-0.25, -0.2) is 0 Å². The van der Waals surface area contributed by atoms with Crippen LogP contribution in [0, 0.1) is 5.92 Å². The molecule has 1 unspecified atom stereocenters. The van der Waals surface area contributed by atoms with E-state index in [0.29, 0.717) is 30.0 Å². The third kappa shape index (κ3) is 4.69. The van der Waals surface area contributed by atoms with Crippen molar-refractivity contribution in [2.24, 2.45) is 5.92 Å². The third-order valence-electron chi connectivity index (χ3n) is 2.45. The van der Waals surface area contributed by atoms with Crippen LogP contribution in [0.5, 0.6) is 0 Å². The largest absolute Gasteiger partial charge is 0.366 e. The number of amides is 1. The highest BCUT2D eigenvalue weighted by atomic mass is 16.1.